The summed E-state index contributed by atoms with van der Waals surface area (Å²) in [4.78, 5) is 26.6. The molecule has 1 saturated carbocycles. The normalized spacial score (nSPS) is 21.3. The lowest BCUT2D eigenvalue weighted by molar-refractivity contribution is -0.140. The highest BCUT2D eigenvalue weighted by molar-refractivity contribution is 7.92. The molecule has 1 heterocycles. The molecular weight excluding hydrogens is 426 g/mol. The second kappa shape index (κ2) is 8.03. The lowest BCUT2D eigenvalue weighted by Crippen LogP contribution is -2.30. The number of amides is 2. The zero-order chi connectivity index (χ0) is 22.3. The summed E-state index contributed by atoms with van der Waals surface area (Å²) >= 11 is 0. The minimum atomic E-state index is -4.11. The van der Waals surface area contributed by atoms with E-state index in [1.165, 1.54) is 11.0 Å². The maximum atomic E-state index is 13.4. The van der Waals surface area contributed by atoms with Crippen LogP contribution in [0, 0.1) is 30.4 Å². The second-order valence-corrected chi connectivity index (χ2v) is 9.75. The SMILES string of the molecule is Cc1ccc(CN2C(=O)[C@H]3CCCC[C@@H]3C2=O)cc1S(=O)(=O)Nc1ccc(F)c(F)c1. The molecule has 31 heavy (non-hydrogen) atoms. The van der Waals surface area contributed by atoms with E-state index in [4.69, 9.17) is 0 Å². The third-order valence-corrected chi connectivity index (χ3v) is 7.51. The summed E-state index contributed by atoms with van der Waals surface area (Å²) in [7, 11) is -4.11. The molecule has 2 amide bonds. The minimum Gasteiger partial charge on any atom is -0.280 e. The largest absolute Gasteiger partial charge is 0.280 e. The standard InChI is InChI=1S/C22H22F2N2O4S/c1-13-6-7-14(12-26-21(27)16-4-2-3-5-17(16)22(26)28)10-20(13)31(29,30)25-15-8-9-18(23)19(24)11-15/h6-11,16-17,25H,2-5,12H2,1H3/t16-,17-/m0/s1. The Morgan fingerprint density at radius 3 is 2.23 bits per heavy atom. The van der Waals surface area contributed by atoms with E-state index in [-0.39, 0.29) is 40.8 Å². The number of fused-ring (bicyclic) bond motifs is 1. The molecule has 0 unspecified atom stereocenters. The van der Waals surface area contributed by atoms with Crippen LogP contribution in [0.4, 0.5) is 14.5 Å². The molecular formula is C22H22F2N2O4S. The molecule has 4 rings (SSSR count). The average Bonchev–Trinajstić information content (AvgIpc) is 2.97. The number of likely N-dealkylation sites (tertiary alicyclic amines) is 1. The van der Waals surface area contributed by atoms with Gasteiger partial charge >= 0.3 is 0 Å². The summed E-state index contributed by atoms with van der Waals surface area (Å²) < 4.78 is 54.5. The fraction of sp³-hybridized carbons (Fsp3) is 0.364. The van der Waals surface area contributed by atoms with Crippen LogP contribution in [0.25, 0.3) is 0 Å². The van der Waals surface area contributed by atoms with E-state index < -0.39 is 21.7 Å². The molecule has 6 nitrogen and oxygen atoms in total. The Morgan fingerprint density at radius 2 is 1.61 bits per heavy atom. The Kier molecular flexibility index (Phi) is 5.55. The molecule has 2 aromatic rings. The van der Waals surface area contributed by atoms with Gasteiger partial charge in [-0.2, -0.15) is 0 Å². The van der Waals surface area contributed by atoms with Gasteiger partial charge in [-0.25, -0.2) is 17.2 Å². The molecule has 2 atom stereocenters. The van der Waals surface area contributed by atoms with Gasteiger partial charge in [-0.15, -0.1) is 0 Å². The zero-order valence-corrected chi connectivity index (χ0v) is 17.7. The van der Waals surface area contributed by atoms with Crippen molar-refractivity contribution in [3.8, 4) is 0 Å². The van der Waals surface area contributed by atoms with Crippen LogP contribution in [0.1, 0.15) is 36.8 Å². The third-order valence-electron chi connectivity index (χ3n) is 5.99. The van der Waals surface area contributed by atoms with Crippen molar-refractivity contribution in [2.24, 2.45) is 11.8 Å². The van der Waals surface area contributed by atoms with Crippen LogP contribution in [0.2, 0.25) is 0 Å². The molecule has 0 aromatic heterocycles. The van der Waals surface area contributed by atoms with E-state index in [9.17, 15) is 26.8 Å². The summed E-state index contributed by atoms with van der Waals surface area (Å²) in [6, 6.07) is 7.39. The maximum Gasteiger partial charge on any atom is 0.262 e. The van der Waals surface area contributed by atoms with Gasteiger partial charge in [-0.3, -0.25) is 19.2 Å². The zero-order valence-electron chi connectivity index (χ0n) is 16.9. The van der Waals surface area contributed by atoms with Crippen molar-refractivity contribution in [1.29, 1.82) is 0 Å². The van der Waals surface area contributed by atoms with Crippen molar-refractivity contribution in [2.75, 3.05) is 4.72 Å². The molecule has 2 fully saturated rings. The smallest absolute Gasteiger partial charge is 0.262 e. The Morgan fingerprint density at radius 1 is 0.968 bits per heavy atom. The van der Waals surface area contributed by atoms with Gasteiger partial charge in [0.1, 0.15) is 0 Å². The average molecular weight is 448 g/mol. The highest BCUT2D eigenvalue weighted by Crippen LogP contribution is 2.38. The highest BCUT2D eigenvalue weighted by Gasteiger charge is 2.47. The molecule has 1 saturated heterocycles. The Balaban J connectivity index is 1.59. The van der Waals surface area contributed by atoms with Gasteiger partial charge in [0, 0.05) is 6.07 Å². The van der Waals surface area contributed by atoms with Crippen LogP contribution in [-0.2, 0) is 26.2 Å². The predicted octanol–water partition coefficient (Wildman–Crippen LogP) is 3.75. The number of hydrogen-bond acceptors (Lipinski definition) is 4. The number of nitrogens with zero attached hydrogens (tertiary/aromatic N) is 1. The molecule has 164 valence electrons. The monoisotopic (exact) mass is 448 g/mol. The first-order valence-corrected chi connectivity index (χ1v) is 11.6. The number of sulfonamides is 1. The van der Waals surface area contributed by atoms with E-state index in [0.717, 1.165) is 31.0 Å². The van der Waals surface area contributed by atoms with Crippen LogP contribution >= 0.6 is 0 Å². The fourth-order valence-electron chi connectivity index (χ4n) is 4.37. The number of carbonyl (C=O) groups is 2. The first-order chi connectivity index (χ1) is 14.7. The van der Waals surface area contributed by atoms with Crippen molar-refractivity contribution in [1.82, 2.24) is 4.90 Å². The van der Waals surface area contributed by atoms with Gasteiger partial charge < -0.3 is 0 Å². The first kappa shape index (κ1) is 21.4. The molecule has 0 bridgehead atoms. The number of rotatable bonds is 5. The first-order valence-electron chi connectivity index (χ1n) is 10.1. The molecule has 0 radical (unpaired) electrons. The van der Waals surface area contributed by atoms with Crippen molar-refractivity contribution in [2.45, 2.75) is 44.0 Å². The van der Waals surface area contributed by atoms with Crippen molar-refractivity contribution >= 4 is 27.5 Å². The number of benzene rings is 2. The molecule has 0 spiro atoms. The summed E-state index contributed by atoms with van der Waals surface area (Å²) in [5.74, 6) is -3.19. The summed E-state index contributed by atoms with van der Waals surface area (Å²) in [5, 5.41) is 0. The third kappa shape index (κ3) is 4.06. The van der Waals surface area contributed by atoms with Gasteiger partial charge in [-0.05, 0) is 49.1 Å². The molecule has 2 aliphatic rings. The molecule has 1 aliphatic carbocycles. The molecule has 1 N–H and O–H groups in total. The fourth-order valence-corrected chi connectivity index (χ4v) is 5.72. The maximum absolute atomic E-state index is 13.4. The number of nitrogens with one attached hydrogen (secondary N) is 1. The Labute approximate surface area is 179 Å². The highest BCUT2D eigenvalue weighted by atomic mass is 32.2. The quantitative estimate of drug-likeness (QED) is 0.707. The van der Waals surface area contributed by atoms with Crippen LogP contribution in [0.3, 0.4) is 0 Å². The lowest BCUT2D eigenvalue weighted by atomic mass is 9.81. The topological polar surface area (TPSA) is 83.6 Å². The van der Waals surface area contributed by atoms with Gasteiger partial charge in [-0.1, -0.05) is 25.0 Å². The van der Waals surface area contributed by atoms with Crippen LogP contribution in [0.5, 0.6) is 0 Å². The van der Waals surface area contributed by atoms with Gasteiger partial charge in [0.15, 0.2) is 11.6 Å². The van der Waals surface area contributed by atoms with E-state index in [1.807, 2.05) is 0 Å². The number of halogens is 2. The van der Waals surface area contributed by atoms with Gasteiger partial charge in [0.25, 0.3) is 10.0 Å². The van der Waals surface area contributed by atoms with E-state index in [1.54, 1.807) is 19.1 Å². The summed E-state index contributed by atoms with van der Waals surface area (Å²) in [6.45, 7) is 1.60. The number of hydrogen-bond donors (Lipinski definition) is 1. The predicted molar refractivity (Wildman–Crippen MR) is 109 cm³/mol. The Hall–Kier alpha value is -2.81. The summed E-state index contributed by atoms with van der Waals surface area (Å²) in [6.07, 6.45) is 3.27. The van der Waals surface area contributed by atoms with E-state index in [2.05, 4.69) is 4.72 Å². The number of anilines is 1. The lowest BCUT2D eigenvalue weighted by Gasteiger charge is -2.19. The van der Waals surface area contributed by atoms with Crippen molar-refractivity contribution in [3.05, 3.63) is 59.2 Å². The van der Waals surface area contributed by atoms with Gasteiger partial charge in [0.05, 0.1) is 29.0 Å². The van der Waals surface area contributed by atoms with Crippen LogP contribution < -0.4 is 4.72 Å². The van der Waals surface area contributed by atoms with E-state index in [0.29, 0.717) is 24.0 Å². The van der Waals surface area contributed by atoms with Gasteiger partial charge in [0.2, 0.25) is 11.8 Å². The number of carbonyl (C=O) groups excluding carboxylic acids is 2. The Bertz CT molecular complexity index is 1140. The molecule has 2 aromatic carbocycles. The second-order valence-electron chi connectivity index (χ2n) is 8.09. The van der Waals surface area contributed by atoms with Crippen LogP contribution in [0.15, 0.2) is 41.3 Å². The van der Waals surface area contributed by atoms with Crippen molar-refractivity contribution < 1.29 is 26.8 Å². The summed E-state index contributed by atoms with van der Waals surface area (Å²) in [5.41, 5.74) is 0.820. The minimum absolute atomic E-state index is 0.00135. The number of imide groups is 1. The number of aryl methyl sites for hydroxylation is 1. The van der Waals surface area contributed by atoms with E-state index >= 15 is 0 Å². The molecule has 9 heteroatoms. The van der Waals surface area contributed by atoms with Crippen LogP contribution in [-0.4, -0.2) is 25.1 Å². The van der Waals surface area contributed by atoms with Crippen molar-refractivity contribution in [3.63, 3.8) is 0 Å². The molecule has 1 aliphatic heterocycles.